The van der Waals surface area contributed by atoms with Crippen molar-refractivity contribution in [1.82, 2.24) is 0 Å². The van der Waals surface area contributed by atoms with Crippen molar-refractivity contribution in [3.63, 3.8) is 0 Å². The first-order chi connectivity index (χ1) is 9.68. The fraction of sp³-hybridized carbons (Fsp3) is 0.533. The second kappa shape index (κ2) is 6.12. The third kappa shape index (κ3) is 2.72. The normalized spacial score (nSPS) is 15.5. The van der Waals surface area contributed by atoms with Crippen molar-refractivity contribution >= 4 is 0 Å². The van der Waals surface area contributed by atoms with E-state index in [0.29, 0.717) is 11.5 Å². The summed E-state index contributed by atoms with van der Waals surface area (Å²) >= 11 is 0. The molecule has 0 heterocycles. The summed E-state index contributed by atoms with van der Waals surface area (Å²) in [6, 6.07) is 6.16. The minimum atomic E-state index is -0.502. The van der Waals surface area contributed by atoms with Crippen LogP contribution in [0.5, 0.6) is 11.5 Å². The second-order valence-corrected chi connectivity index (χ2v) is 4.88. The summed E-state index contributed by atoms with van der Waals surface area (Å²) in [4.78, 5) is 0. The van der Waals surface area contributed by atoms with Crippen molar-refractivity contribution in [2.45, 2.75) is 25.2 Å². The highest BCUT2D eigenvalue weighted by Crippen LogP contribution is 2.55. The van der Waals surface area contributed by atoms with Gasteiger partial charge in [0, 0.05) is 14.2 Å². The number of hydrogen-bond donors (Lipinski definition) is 0. The molecule has 0 saturated heterocycles. The molecule has 1 aromatic carbocycles. The molecule has 5 nitrogen and oxygen atoms in total. The largest absolute Gasteiger partial charge is 0.467 e. The average molecular weight is 277 g/mol. The predicted molar refractivity (Wildman–Crippen MR) is 72.7 cm³/mol. The molecular weight excluding hydrogens is 258 g/mol. The first-order valence-electron chi connectivity index (χ1n) is 6.47. The number of benzene rings is 1. The van der Waals surface area contributed by atoms with E-state index in [-0.39, 0.29) is 13.6 Å². The van der Waals surface area contributed by atoms with Crippen molar-refractivity contribution in [3.8, 4) is 17.6 Å². The SMILES string of the molecule is COCOc1ccc(C)c(OCOC)c1C1(C#N)CC1. The maximum absolute atomic E-state index is 9.48. The van der Waals surface area contributed by atoms with Gasteiger partial charge in [0.2, 0.25) is 0 Å². The molecule has 108 valence electrons. The van der Waals surface area contributed by atoms with E-state index >= 15 is 0 Å². The Kier molecular flexibility index (Phi) is 4.48. The average Bonchev–Trinajstić information content (AvgIpc) is 3.25. The minimum Gasteiger partial charge on any atom is -0.467 e. The molecule has 1 aromatic rings. The lowest BCUT2D eigenvalue weighted by Gasteiger charge is -2.20. The lowest BCUT2D eigenvalue weighted by atomic mass is 9.93. The Balaban J connectivity index is 2.45. The monoisotopic (exact) mass is 277 g/mol. The molecule has 0 unspecified atom stereocenters. The molecule has 0 atom stereocenters. The Hall–Kier alpha value is -1.77. The summed E-state index contributed by atoms with van der Waals surface area (Å²) in [6.07, 6.45) is 1.64. The van der Waals surface area contributed by atoms with Gasteiger partial charge in [-0.25, -0.2) is 0 Å². The zero-order chi connectivity index (χ0) is 14.6. The van der Waals surface area contributed by atoms with Crippen LogP contribution in [0.25, 0.3) is 0 Å². The first kappa shape index (κ1) is 14.6. The Labute approximate surface area is 119 Å². The summed E-state index contributed by atoms with van der Waals surface area (Å²) < 4.78 is 21.2. The van der Waals surface area contributed by atoms with Gasteiger partial charge in [0.15, 0.2) is 13.6 Å². The lowest BCUT2D eigenvalue weighted by Crippen LogP contribution is -2.13. The Morgan fingerprint density at radius 2 is 1.80 bits per heavy atom. The molecule has 1 saturated carbocycles. The molecule has 0 amide bonds. The smallest absolute Gasteiger partial charge is 0.188 e. The molecule has 1 aliphatic rings. The van der Waals surface area contributed by atoms with Crippen LogP contribution in [0.4, 0.5) is 0 Å². The van der Waals surface area contributed by atoms with Crippen molar-refractivity contribution in [1.29, 1.82) is 5.26 Å². The van der Waals surface area contributed by atoms with E-state index in [1.54, 1.807) is 14.2 Å². The van der Waals surface area contributed by atoms with Crippen LogP contribution < -0.4 is 9.47 Å². The third-order valence-electron chi connectivity index (χ3n) is 3.41. The molecule has 20 heavy (non-hydrogen) atoms. The molecule has 1 fully saturated rings. The number of aryl methyl sites for hydroxylation is 1. The van der Waals surface area contributed by atoms with E-state index in [9.17, 15) is 5.26 Å². The Morgan fingerprint density at radius 1 is 1.15 bits per heavy atom. The Bertz CT molecular complexity index is 517. The van der Waals surface area contributed by atoms with E-state index in [4.69, 9.17) is 18.9 Å². The maximum Gasteiger partial charge on any atom is 0.188 e. The molecule has 0 bridgehead atoms. The summed E-state index contributed by atoms with van der Waals surface area (Å²) in [5.41, 5.74) is 1.27. The topological polar surface area (TPSA) is 60.7 Å². The molecule has 0 spiro atoms. The highest BCUT2D eigenvalue weighted by atomic mass is 16.7. The molecule has 1 aliphatic carbocycles. The fourth-order valence-corrected chi connectivity index (χ4v) is 2.21. The van der Waals surface area contributed by atoms with Crippen molar-refractivity contribution in [2.75, 3.05) is 27.8 Å². The van der Waals surface area contributed by atoms with Gasteiger partial charge < -0.3 is 18.9 Å². The van der Waals surface area contributed by atoms with Gasteiger partial charge >= 0.3 is 0 Å². The van der Waals surface area contributed by atoms with Crippen LogP contribution in [-0.4, -0.2) is 27.8 Å². The second-order valence-electron chi connectivity index (χ2n) is 4.88. The number of methoxy groups -OCH3 is 2. The molecule has 2 rings (SSSR count). The van der Waals surface area contributed by atoms with Crippen molar-refractivity contribution < 1.29 is 18.9 Å². The van der Waals surface area contributed by atoms with Gasteiger partial charge in [0.25, 0.3) is 0 Å². The summed E-state index contributed by atoms with van der Waals surface area (Å²) in [6.45, 7) is 2.23. The van der Waals surface area contributed by atoms with Crippen LogP contribution in [0, 0.1) is 18.3 Å². The summed E-state index contributed by atoms with van der Waals surface area (Å²) in [5.74, 6) is 1.32. The quantitative estimate of drug-likeness (QED) is 0.717. The third-order valence-corrected chi connectivity index (χ3v) is 3.41. The molecule has 0 aliphatic heterocycles. The Morgan fingerprint density at radius 3 is 2.35 bits per heavy atom. The van der Waals surface area contributed by atoms with Crippen molar-refractivity contribution in [2.24, 2.45) is 0 Å². The van der Waals surface area contributed by atoms with Gasteiger partial charge in [0.1, 0.15) is 11.5 Å². The molecule has 0 aromatic heterocycles. The number of rotatable bonds is 7. The van der Waals surface area contributed by atoms with Crippen LogP contribution in [0.15, 0.2) is 12.1 Å². The highest BCUT2D eigenvalue weighted by molar-refractivity contribution is 5.58. The number of nitriles is 1. The van der Waals surface area contributed by atoms with Crippen LogP contribution in [0.2, 0.25) is 0 Å². The van der Waals surface area contributed by atoms with Crippen LogP contribution in [0.3, 0.4) is 0 Å². The summed E-state index contributed by atoms with van der Waals surface area (Å²) in [7, 11) is 3.13. The van der Waals surface area contributed by atoms with Gasteiger partial charge in [-0.15, -0.1) is 0 Å². The van der Waals surface area contributed by atoms with Crippen LogP contribution >= 0.6 is 0 Å². The van der Waals surface area contributed by atoms with Gasteiger partial charge in [0.05, 0.1) is 17.0 Å². The number of nitrogens with zero attached hydrogens (tertiary/aromatic N) is 1. The zero-order valence-electron chi connectivity index (χ0n) is 12.1. The fourth-order valence-electron chi connectivity index (χ4n) is 2.21. The highest BCUT2D eigenvalue weighted by Gasteiger charge is 2.49. The van der Waals surface area contributed by atoms with E-state index in [0.717, 1.165) is 24.0 Å². The van der Waals surface area contributed by atoms with E-state index in [2.05, 4.69) is 6.07 Å². The van der Waals surface area contributed by atoms with E-state index in [1.165, 1.54) is 0 Å². The number of ether oxygens (including phenoxy) is 4. The van der Waals surface area contributed by atoms with E-state index in [1.807, 2.05) is 19.1 Å². The first-order valence-corrected chi connectivity index (χ1v) is 6.47. The van der Waals surface area contributed by atoms with Gasteiger partial charge in [-0.1, -0.05) is 6.07 Å². The van der Waals surface area contributed by atoms with Crippen LogP contribution in [-0.2, 0) is 14.9 Å². The number of hydrogen-bond acceptors (Lipinski definition) is 5. The van der Waals surface area contributed by atoms with E-state index < -0.39 is 5.41 Å². The van der Waals surface area contributed by atoms with Crippen LogP contribution in [0.1, 0.15) is 24.0 Å². The lowest BCUT2D eigenvalue weighted by molar-refractivity contribution is 0.0439. The zero-order valence-corrected chi connectivity index (χ0v) is 12.1. The summed E-state index contributed by atoms with van der Waals surface area (Å²) in [5, 5.41) is 9.48. The minimum absolute atomic E-state index is 0.140. The van der Waals surface area contributed by atoms with Crippen molar-refractivity contribution in [3.05, 3.63) is 23.3 Å². The van der Waals surface area contributed by atoms with Gasteiger partial charge in [-0.2, -0.15) is 5.26 Å². The molecule has 5 heteroatoms. The predicted octanol–water partition coefficient (Wildman–Crippen LogP) is 2.52. The standard InChI is InChI=1S/C15H19NO4/c1-11-4-5-12(19-9-17-2)13(14(11)20-10-18-3)15(8-16)6-7-15/h4-5H,6-7,9-10H2,1-3H3. The molecule has 0 radical (unpaired) electrons. The van der Waals surface area contributed by atoms with Gasteiger partial charge in [-0.05, 0) is 31.4 Å². The maximum atomic E-state index is 9.48. The molecule has 0 N–H and O–H groups in total. The van der Waals surface area contributed by atoms with Gasteiger partial charge in [-0.3, -0.25) is 0 Å². The molecular formula is C15H19NO4.